The van der Waals surface area contributed by atoms with E-state index in [0.717, 1.165) is 42.9 Å². The first-order valence-corrected chi connectivity index (χ1v) is 11.1. The monoisotopic (exact) mass is 437 g/mol. The lowest BCUT2D eigenvalue weighted by molar-refractivity contribution is -0.112. The predicted octanol–water partition coefficient (Wildman–Crippen LogP) is 4.56. The predicted molar refractivity (Wildman–Crippen MR) is 127 cm³/mol. The van der Waals surface area contributed by atoms with E-state index >= 15 is 0 Å². The van der Waals surface area contributed by atoms with Crippen molar-refractivity contribution in [3.63, 3.8) is 0 Å². The summed E-state index contributed by atoms with van der Waals surface area (Å²) in [5.74, 6) is -0.0757. The number of ether oxygens (including phenoxy) is 1. The van der Waals surface area contributed by atoms with E-state index in [9.17, 15) is 9.59 Å². The van der Waals surface area contributed by atoms with Gasteiger partial charge in [-0.2, -0.15) is 9.78 Å². The molecule has 2 heterocycles. The van der Waals surface area contributed by atoms with Crippen LogP contribution in [0.2, 0.25) is 0 Å². The van der Waals surface area contributed by atoms with E-state index in [-0.39, 0.29) is 29.3 Å². The van der Waals surface area contributed by atoms with Crippen molar-refractivity contribution in [2.45, 2.75) is 53.9 Å². The Morgan fingerprint density at radius 2 is 1.94 bits per heavy atom. The van der Waals surface area contributed by atoms with E-state index < -0.39 is 5.97 Å². The Kier molecular flexibility index (Phi) is 7.22. The summed E-state index contributed by atoms with van der Waals surface area (Å²) in [5, 5.41) is 4.44. The van der Waals surface area contributed by atoms with Crippen LogP contribution in [0, 0.1) is 13.8 Å². The number of hydrogen-bond acceptors (Lipinski definition) is 7. The molecule has 1 aliphatic rings. The zero-order chi connectivity index (χ0) is 23.4. The lowest BCUT2D eigenvalue weighted by Crippen LogP contribution is -2.26. The van der Waals surface area contributed by atoms with Crippen LogP contribution in [0.15, 0.2) is 28.2 Å². The van der Waals surface area contributed by atoms with Crippen molar-refractivity contribution >= 4 is 40.5 Å². The average Bonchev–Trinajstić information content (AvgIpc) is 3.29. The molecule has 1 aromatic carbocycles. The minimum Gasteiger partial charge on any atom is -0.465 e. The third kappa shape index (κ3) is 4.35. The number of anilines is 1. The number of Topliss-reactive ketones (excluding diaryl/α,β-unsaturated/α-hetero) is 1. The van der Waals surface area contributed by atoms with Gasteiger partial charge in [-0.05, 0) is 51.0 Å². The lowest BCUT2D eigenvalue weighted by Gasteiger charge is -2.23. The van der Waals surface area contributed by atoms with E-state index in [1.807, 2.05) is 19.1 Å². The SMILES string of the molecule is CCCCN(CC)c1ccc(/N=C2/C(C(=O)CC)=Nc3c(C(=O)OC)c(C)nn32)c(C)c1. The Morgan fingerprint density at radius 1 is 1.19 bits per heavy atom. The van der Waals surface area contributed by atoms with E-state index in [0.29, 0.717) is 11.5 Å². The fourth-order valence-electron chi connectivity index (χ4n) is 3.71. The van der Waals surface area contributed by atoms with Crippen molar-refractivity contribution in [1.82, 2.24) is 9.78 Å². The molecule has 0 amide bonds. The van der Waals surface area contributed by atoms with Gasteiger partial charge in [-0.3, -0.25) is 4.79 Å². The second-order valence-electron chi connectivity index (χ2n) is 7.76. The van der Waals surface area contributed by atoms with Crippen LogP contribution in [0.4, 0.5) is 17.2 Å². The molecule has 8 heteroatoms. The highest BCUT2D eigenvalue weighted by molar-refractivity contribution is 6.69. The summed E-state index contributed by atoms with van der Waals surface area (Å²) < 4.78 is 6.35. The van der Waals surface area contributed by atoms with Crippen LogP contribution in [0.25, 0.3) is 0 Å². The number of rotatable bonds is 9. The minimum absolute atomic E-state index is 0.159. The van der Waals surface area contributed by atoms with E-state index in [4.69, 9.17) is 9.73 Å². The summed E-state index contributed by atoms with van der Waals surface area (Å²) in [5.41, 5.74) is 3.80. The summed E-state index contributed by atoms with van der Waals surface area (Å²) in [6.45, 7) is 11.8. The fraction of sp³-hybridized carbons (Fsp3) is 0.458. The van der Waals surface area contributed by atoms with E-state index in [1.54, 1.807) is 13.8 Å². The Morgan fingerprint density at radius 3 is 2.53 bits per heavy atom. The molecule has 8 nitrogen and oxygen atoms in total. The molecule has 0 saturated carbocycles. The molecule has 3 rings (SSSR count). The van der Waals surface area contributed by atoms with Crippen LogP contribution in [-0.2, 0) is 9.53 Å². The molecule has 0 radical (unpaired) electrons. The lowest BCUT2D eigenvalue weighted by atomic mass is 10.1. The zero-order valence-electron chi connectivity index (χ0n) is 19.7. The fourth-order valence-corrected chi connectivity index (χ4v) is 3.71. The minimum atomic E-state index is -0.538. The summed E-state index contributed by atoms with van der Waals surface area (Å²) in [7, 11) is 1.31. The largest absolute Gasteiger partial charge is 0.465 e. The third-order valence-electron chi connectivity index (χ3n) is 5.58. The molecule has 0 atom stereocenters. The number of aliphatic imine (C=N–C) groups is 2. The van der Waals surface area contributed by atoms with Crippen molar-refractivity contribution < 1.29 is 14.3 Å². The maximum Gasteiger partial charge on any atom is 0.343 e. The molecule has 0 bridgehead atoms. The normalized spacial score (nSPS) is 13.8. The van der Waals surface area contributed by atoms with Crippen LogP contribution in [0.3, 0.4) is 0 Å². The Hall–Kier alpha value is -3.29. The molecule has 0 saturated heterocycles. The molecule has 0 N–H and O–H groups in total. The van der Waals surface area contributed by atoms with Gasteiger partial charge in [0.25, 0.3) is 0 Å². The molecule has 0 spiro atoms. The number of aromatic nitrogens is 2. The number of benzene rings is 1. The summed E-state index contributed by atoms with van der Waals surface area (Å²) in [6.07, 6.45) is 2.56. The zero-order valence-corrected chi connectivity index (χ0v) is 19.7. The number of carbonyl (C=O) groups is 2. The third-order valence-corrected chi connectivity index (χ3v) is 5.58. The topological polar surface area (TPSA) is 89.2 Å². The van der Waals surface area contributed by atoms with E-state index in [1.165, 1.54) is 11.8 Å². The molecule has 0 aliphatic carbocycles. The second kappa shape index (κ2) is 9.89. The van der Waals surface area contributed by atoms with Crippen LogP contribution in [0.1, 0.15) is 61.6 Å². The Balaban J connectivity index is 2.07. The van der Waals surface area contributed by atoms with Crippen LogP contribution >= 0.6 is 0 Å². The van der Waals surface area contributed by atoms with Gasteiger partial charge in [-0.25, -0.2) is 14.8 Å². The van der Waals surface area contributed by atoms with Gasteiger partial charge in [0.2, 0.25) is 0 Å². The summed E-state index contributed by atoms with van der Waals surface area (Å²) >= 11 is 0. The number of carbonyl (C=O) groups excluding carboxylic acids is 2. The smallest absolute Gasteiger partial charge is 0.343 e. The number of esters is 1. The molecule has 1 aromatic heterocycles. The molecule has 0 unspecified atom stereocenters. The number of ketones is 1. The van der Waals surface area contributed by atoms with Crippen molar-refractivity contribution in [3.05, 3.63) is 35.0 Å². The highest BCUT2D eigenvalue weighted by atomic mass is 16.5. The van der Waals surface area contributed by atoms with Gasteiger partial charge in [0.1, 0.15) is 5.56 Å². The van der Waals surface area contributed by atoms with Gasteiger partial charge in [-0.1, -0.05) is 20.3 Å². The first-order chi connectivity index (χ1) is 15.4. The highest BCUT2D eigenvalue weighted by Crippen LogP contribution is 2.31. The average molecular weight is 438 g/mol. The van der Waals surface area contributed by atoms with Crippen LogP contribution in [-0.4, -0.2) is 53.3 Å². The maximum atomic E-state index is 12.6. The number of hydrogen-bond donors (Lipinski definition) is 0. The molecule has 170 valence electrons. The molecule has 2 aromatic rings. The van der Waals surface area contributed by atoms with Crippen LogP contribution in [0.5, 0.6) is 0 Å². The maximum absolute atomic E-state index is 12.6. The van der Waals surface area contributed by atoms with Gasteiger partial charge in [0, 0.05) is 25.2 Å². The van der Waals surface area contributed by atoms with Crippen molar-refractivity contribution in [2.24, 2.45) is 9.98 Å². The number of unbranched alkanes of at least 4 members (excludes halogenated alkanes) is 1. The van der Waals surface area contributed by atoms with Gasteiger partial charge < -0.3 is 9.64 Å². The van der Waals surface area contributed by atoms with E-state index in [2.05, 4.69) is 34.9 Å². The van der Waals surface area contributed by atoms with Gasteiger partial charge in [0.15, 0.2) is 23.1 Å². The quantitative estimate of drug-likeness (QED) is 0.537. The standard InChI is InChI=1S/C24H31N5O3/c1-7-10-13-28(9-3)17-11-12-18(15(4)14-17)25-23-21(19(30)8-2)26-22-20(24(31)32-6)16(5)27-29(22)23/h11-12,14H,7-10,13H2,1-6H3/b25-23-. The van der Waals surface area contributed by atoms with Gasteiger partial charge in [0.05, 0.1) is 18.5 Å². The Bertz CT molecular complexity index is 1100. The van der Waals surface area contributed by atoms with Gasteiger partial charge in [-0.15, -0.1) is 0 Å². The Labute approximate surface area is 189 Å². The molecule has 32 heavy (non-hydrogen) atoms. The first-order valence-electron chi connectivity index (χ1n) is 11.1. The molecular weight excluding hydrogens is 406 g/mol. The molecule has 0 fully saturated rings. The number of nitrogens with zero attached hydrogens (tertiary/aromatic N) is 5. The van der Waals surface area contributed by atoms with Crippen molar-refractivity contribution in [2.75, 3.05) is 25.1 Å². The molecular formula is C24H31N5O3. The first kappa shape index (κ1) is 23.4. The summed E-state index contributed by atoms with van der Waals surface area (Å²) in [4.78, 5) is 36.4. The van der Waals surface area contributed by atoms with Crippen LogP contribution < -0.4 is 4.90 Å². The molecule has 1 aliphatic heterocycles. The summed E-state index contributed by atoms with van der Waals surface area (Å²) in [6, 6.07) is 6.12. The second-order valence-corrected chi connectivity index (χ2v) is 7.76. The number of aryl methyl sites for hydroxylation is 2. The number of methoxy groups -OCH3 is 1. The van der Waals surface area contributed by atoms with Crippen molar-refractivity contribution in [1.29, 1.82) is 0 Å². The number of fused-ring (bicyclic) bond motifs is 1. The van der Waals surface area contributed by atoms with Crippen molar-refractivity contribution in [3.8, 4) is 0 Å². The highest BCUT2D eigenvalue weighted by Gasteiger charge is 2.34. The van der Waals surface area contributed by atoms with Gasteiger partial charge >= 0.3 is 5.97 Å².